The summed E-state index contributed by atoms with van der Waals surface area (Å²) in [5, 5.41) is 23.8. The van der Waals surface area contributed by atoms with E-state index in [4.69, 9.17) is 0 Å². The van der Waals surface area contributed by atoms with Crippen molar-refractivity contribution in [3.8, 4) is 0 Å². The second-order valence-corrected chi connectivity index (χ2v) is 5.39. The molecule has 0 aliphatic heterocycles. The van der Waals surface area contributed by atoms with Crippen molar-refractivity contribution in [3.63, 3.8) is 0 Å². The molecule has 0 aliphatic rings. The number of carbonyl (C=O) groups is 1. The monoisotopic (exact) mass is 366 g/mol. The Morgan fingerprint density at radius 3 is 1.81 bits per heavy atom. The number of nitrogens with one attached hydrogen (secondary N) is 1. The molecule has 9 nitrogen and oxygen atoms in total. The quantitative estimate of drug-likeness (QED) is 0.641. The number of hydrogen-bond acceptors (Lipinski definition) is 6. The highest BCUT2D eigenvalue weighted by Gasteiger charge is 2.21. The SMILES string of the molecule is CN(C)c1c(F)cc(NC(=O)c2cc([N+](=O)[O-])cc([N+](=O)[O-])c2)cc1F. The Morgan fingerprint density at radius 2 is 1.42 bits per heavy atom. The van der Waals surface area contributed by atoms with Gasteiger partial charge in [-0.05, 0) is 12.1 Å². The van der Waals surface area contributed by atoms with Gasteiger partial charge in [0.15, 0.2) is 11.6 Å². The topological polar surface area (TPSA) is 119 Å². The average molecular weight is 366 g/mol. The molecule has 2 aromatic carbocycles. The lowest BCUT2D eigenvalue weighted by atomic mass is 10.1. The predicted molar refractivity (Wildman–Crippen MR) is 88.4 cm³/mol. The first-order valence-corrected chi connectivity index (χ1v) is 7.01. The molecule has 0 radical (unpaired) electrons. The fourth-order valence-corrected chi connectivity index (χ4v) is 2.21. The summed E-state index contributed by atoms with van der Waals surface area (Å²) in [4.78, 5) is 33.3. The van der Waals surface area contributed by atoms with Gasteiger partial charge < -0.3 is 10.2 Å². The maximum absolute atomic E-state index is 13.9. The summed E-state index contributed by atoms with van der Waals surface area (Å²) in [7, 11) is 2.87. The first kappa shape index (κ1) is 18.7. The van der Waals surface area contributed by atoms with Crippen molar-refractivity contribution in [3.05, 3.63) is 67.8 Å². The molecule has 0 heterocycles. The van der Waals surface area contributed by atoms with Crippen LogP contribution in [0.2, 0.25) is 0 Å². The van der Waals surface area contributed by atoms with Crippen LogP contribution in [0, 0.1) is 31.9 Å². The lowest BCUT2D eigenvalue weighted by Gasteiger charge is -2.15. The largest absolute Gasteiger partial charge is 0.373 e. The number of anilines is 2. The highest BCUT2D eigenvalue weighted by atomic mass is 19.1. The van der Waals surface area contributed by atoms with Gasteiger partial charge in [-0.1, -0.05) is 0 Å². The summed E-state index contributed by atoms with van der Waals surface area (Å²) in [6, 6.07) is 4.07. The summed E-state index contributed by atoms with van der Waals surface area (Å²) in [5.74, 6) is -2.86. The van der Waals surface area contributed by atoms with E-state index in [-0.39, 0.29) is 11.4 Å². The minimum Gasteiger partial charge on any atom is -0.373 e. The summed E-state index contributed by atoms with van der Waals surface area (Å²) in [5.41, 5.74) is -2.28. The van der Waals surface area contributed by atoms with E-state index in [1.54, 1.807) is 0 Å². The smallest absolute Gasteiger partial charge is 0.277 e. The highest BCUT2D eigenvalue weighted by molar-refractivity contribution is 6.05. The molecule has 2 rings (SSSR count). The highest BCUT2D eigenvalue weighted by Crippen LogP contribution is 2.27. The summed E-state index contributed by atoms with van der Waals surface area (Å²) in [6.07, 6.45) is 0. The number of nitro groups is 2. The maximum Gasteiger partial charge on any atom is 0.277 e. The number of hydrogen-bond donors (Lipinski definition) is 1. The second kappa shape index (κ2) is 7.09. The Kier molecular flexibility index (Phi) is 5.10. The van der Waals surface area contributed by atoms with Gasteiger partial charge in [-0.2, -0.15) is 0 Å². The molecule has 0 saturated carbocycles. The van der Waals surface area contributed by atoms with Crippen LogP contribution >= 0.6 is 0 Å². The van der Waals surface area contributed by atoms with Crippen LogP contribution < -0.4 is 10.2 Å². The first-order chi connectivity index (χ1) is 12.1. The van der Waals surface area contributed by atoms with Crippen molar-refractivity contribution < 1.29 is 23.4 Å². The van der Waals surface area contributed by atoms with Crippen LogP contribution in [0.5, 0.6) is 0 Å². The number of halogens is 2. The number of rotatable bonds is 5. The Hall–Kier alpha value is -3.63. The zero-order valence-corrected chi connectivity index (χ0v) is 13.5. The molecule has 11 heteroatoms. The standard InChI is InChI=1S/C15H12F2N4O5/c1-19(2)14-12(16)5-9(6-13(14)17)18-15(22)8-3-10(20(23)24)7-11(4-8)21(25)26/h3-7H,1-2H3,(H,18,22). The van der Waals surface area contributed by atoms with Gasteiger partial charge in [-0.25, -0.2) is 8.78 Å². The van der Waals surface area contributed by atoms with Gasteiger partial charge in [0, 0.05) is 31.9 Å². The van der Waals surface area contributed by atoms with E-state index in [2.05, 4.69) is 5.32 Å². The zero-order valence-electron chi connectivity index (χ0n) is 13.5. The number of nitro benzene ring substituents is 2. The van der Waals surface area contributed by atoms with Gasteiger partial charge >= 0.3 is 0 Å². The number of benzene rings is 2. The van der Waals surface area contributed by atoms with Crippen molar-refractivity contribution in [1.29, 1.82) is 0 Å². The van der Waals surface area contributed by atoms with E-state index >= 15 is 0 Å². The third kappa shape index (κ3) is 3.88. The van der Waals surface area contributed by atoms with E-state index in [1.807, 2.05) is 0 Å². The molecule has 0 bridgehead atoms. The predicted octanol–water partition coefficient (Wildman–Crippen LogP) is 3.10. The Morgan fingerprint density at radius 1 is 0.962 bits per heavy atom. The van der Waals surface area contributed by atoms with Crippen LogP contribution in [-0.2, 0) is 0 Å². The van der Waals surface area contributed by atoms with Crippen LogP contribution in [-0.4, -0.2) is 29.8 Å². The third-order valence-electron chi connectivity index (χ3n) is 3.31. The fraction of sp³-hybridized carbons (Fsp3) is 0.133. The maximum atomic E-state index is 13.9. The summed E-state index contributed by atoms with van der Waals surface area (Å²) >= 11 is 0. The molecular weight excluding hydrogens is 354 g/mol. The second-order valence-electron chi connectivity index (χ2n) is 5.39. The minimum absolute atomic E-state index is 0.246. The van der Waals surface area contributed by atoms with E-state index in [0.717, 1.165) is 24.3 Å². The molecule has 1 N–H and O–H groups in total. The van der Waals surface area contributed by atoms with Crippen molar-refractivity contribution in [1.82, 2.24) is 0 Å². The van der Waals surface area contributed by atoms with Crippen molar-refractivity contribution in [2.24, 2.45) is 0 Å². The van der Waals surface area contributed by atoms with Crippen LogP contribution in [0.4, 0.5) is 31.5 Å². The van der Waals surface area contributed by atoms with Crippen molar-refractivity contribution in [2.45, 2.75) is 0 Å². The molecule has 1 amide bonds. The lowest BCUT2D eigenvalue weighted by Crippen LogP contribution is -2.16. The van der Waals surface area contributed by atoms with Gasteiger partial charge in [0.1, 0.15) is 5.69 Å². The third-order valence-corrected chi connectivity index (χ3v) is 3.31. The molecule has 0 spiro atoms. The van der Waals surface area contributed by atoms with E-state index in [1.165, 1.54) is 19.0 Å². The van der Waals surface area contributed by atoms with E-state index in [9.17, 15) is 33.8 Å². The molecule has 2 aromatic rings. The van der Waals surface area contributed by atoms with E-state index in [0.29, 0.717) is 6.07 Å². The van der Waals surface area contributed by atoms with Crippen molar-refractivity contribution >= 4 is 28.7 Å². The Balaban J connectivity index is 2.39. The van der Waals surface area contributed by atoms with Gasteiger partial charge in [0.2, 0.25) is 0 Å². The molecule has 0 atom stereocenters. The number of non-ortho nitro benzene ring substituents is 2. The van der Waals surface area contributed by atoms with Crippen LogP contribution in [0.25, 0.3) is 0 Å². The van der Waals surface area contributed by atoms with Crippen LogP contribution in [0.1, 0.15) is 10.4 Å². The number of carbonyl (C=O) groups excluding carboxylic acids is 1. The minimum atomic E-state index is -0.992. The normalized spacial score (nSPS) is 10.3. The lowest BCUT2D eigenvalue weighted by molar-refractivity contribution is -0.394. The van der Waals surface area contributed by atoms with E-state index < -0.39 is 44.3 Å². The molecule has 136 valence electrons. The fourth-order valence-electron chi connectivity index (χ4n) is 2.21. The molecule has 26 heavy (non-hydrogen) atoms. The van der Waals surface area contributed by atoms with Gasteiger partial charge in [-0.3, -0.25) is 25.0 Å². The average Bonchev–Trinajstić information content (AvgIpc) is 2.53. The van der Waals surface area contributed by atoms with Crippen LogP contribution in [0.15, 0.2) is 30.3 Å². The van der Waals surface area contributed by atoms with Gasteiger partial charge in [0.25, 0.3) is 17.3 Å². The first-order valence-electron chi connectivity index (χ1n) is 7.01. The molecule has 0 unspecified atom stereocenters. The van der Waals surface area contributed by atoms with Gasteiger partial charge in [0.05, 0.1) is 21.5 Å². The molecule has 0 fully saturated rings. The Bertz CT molecular complexity index is 862. The molecule has 0 aliphatic carbocycles. The summed E-state index contributed by atoms with van der Waals surface area (Å²) in [6.45, 7) is 0. The number of nitrogens with zero attached hydrogens (tertiary/aromatic N) is 3. The summed E-state index contributed by atoms with van der Waals surface area (Å²) < 4.78 is 27.9. The molecule has 0 aromatic heterocycles. The van der Waals surface area contributed by atoms with Crippen LogP contribution in [0.3, 0.4) is 0 Å². The zero-order chi connectivity index (χ0) is 19.6. The van der Waals surface area contributed by atoms with Gasteiger partial charge in [-0.15, -0.1) is 0 Å². The molecular formula is C15H12F2N4O5. The van der Waals surface area contributed by atoms with Crippen molar-refractivity contribution in [2.75, 3.05) is 24.3 Å². The number of amides is 1. The molecule has 0 saturated heterocycles. The Labute approximate surface area is 145 Å².